The predicted octanol–water partition coefficient (Wildman–Crippen LogP) is 3.06. The topological polar surface area (TPSA) is 108 Å². The van der Waals surface area contributed by atoms with Crippen molar-refractivity contribution in [3.05, 3.63) is 57.6 Å². The van der Waals surface area contributed by atoms with Crippen molar-refractivity contribution in [3.8, 4) is 11.5 Å². The first-order valence-electron chi connectivity index (χ1n) is 7.45. The first-order valence-corrected chi connectivity index (χ1v) is 7.45. The first-order chi connectivity index (χ1) is 12.0. The maximum absolute atomic E-state index is 11.6. The molecular formula is C17H14N2O6. The van der Waals surface area contributed by atoms with Crippen LogP contribution in [0.4, 0.5) is 11.4 Å². The minimum Gasteiger partial charge on any atom is -0.465 e. The highest BCUT2D eigenvalue weighted by atomic mass is 16.6. The van der Waals surface area contributed by atoms with Gasteiger partial charge in [0.1, 0.15) is 5.75 Å². The number of ether oxygens (including phenoxy) is 2. The van der Waals surface area contributed by atoms with Crippen molar-refractivity contribution in [2.24, 2.45) is 0 Å². The van der Waals surface area contributed by atoms with Crippen molar-refractivity contribution in [1.29, 1.82) is 0 Å². The van der Waals surface area contributed by atoms with Gasteiger partial charge in [0.05, 0.1) is 17.6 Å². The van der Waals surface area contributed by atoms with E-state index in [0.717, 1.165) is 5.56 Å². The predicted molar refractivity (Wildman–Crippen MR) is 87.9 cm³/mol. The van der Waals surface area contributed by atoms with E-state index < -0.39 is 10.9 Å². The molecule has 0 fully saturated rings. The van der Waals surface area contributed by atoms with Crippen LogP contribution in [-0.4, -0.2) is 23.9 Å². The number of hydrogen-bond donors (Lipinski definition) is 1. The summed E-state index contributed by atoms with van der Waals surface area (Å²) in [7, 11) is 1.22. The Morgan fingerprint density at radius 3 is 2.72 bits per heavy atom. The van der Waals surface area contributed by atoms with Gasteiger partial charge in [0.15, 0.2) is 0 Å². The van der Waals surface area contributed by atoms with E-state index >= 15 is 0 Å². The summed E-state index contributed by atoms with van der Waals surface area (Å²) in [5, 5.41) is 13.9. The normalized spacial score (nSPS) is 12.8. The van der Waals surface area contributed by atoms with Gasteiger partial charge in [-0.15, -0.1) is 0 Å². The van der Waals surface area contributed by atoms with Gasteiger partial charge in [0.2, 0.25) is 11.7 Å². The standard InChI is InChI=1S/C17H14N2O6/c1-24-17(21)11-2-6-14(19(22)23)15(9-11)25-12-4-5-13-10(8-12)3-7-16(20)18-13/h2,4-6,8-9H,3,7H2,1H3,(H,18,20). The van der Waals surface area contributed by atoms with E-state index in [0.29, 0.717) is 24.3 Å². The van der Waals surface area contributed by atoms with E-state index in [1.54, 1.807) is 18.2 Å². The molecule has 0 saturated heterocycles. The summed E-state index contributed by atoms with van der Waals surface area (Å²) in [5.74, 6) is -0.358. The summed E-state index contributed by atoms with van der Waals surface area (Å²) in [5.41, 5.74) is 1.46. The van der Waals surface area contributed by atoms with E-state index in [4.69, 9.17) is 4.74 Å². The lowest BCUT2D eigenvalue weighted by molar-refractivity contribution is -0.385. The number of hydrogen-bond acceptors (Lipinski definition) is 6. The van der Waals surface area contributed by atoms with Crippen molar-refractivity contribution in [2.45, 2.75) is 12.8 Å². The van der Waals surface area contributed by atoms with Gasteiger partial charge in [-0.3, -0.25) is 14.9 Å². The molecule has 2 aromatic carbocycles. The number of fused-ring (bicyclic) bond motifs is 1. The Hall–Kier alpha value is -3.42. The van der Waals surface area contributed by atoms with Crippen molar-refractivity contribution < 1.29 is 24.0 Å². The molecule has 0 saturated carbocycles. The molecular weight excluding hydrogens is 328 g/mol. The van der Waals surface area contributed by atoms with E-state index in [-0.39, 0.29) is 22.9 Å². The molecule has 0 aromatic heterocycles. The van der Waals surface area contributed by atoms with E-state index in [9.17, 15) is 19.7 Å². The summed E-state index contributed by atoms with van der Waals surface area (Å²) in [6, 6.07) is 8.75. The number of methoxy groups -OCH3 is 1. The minimum absolute atomic E-state index is 0.0532. The van der Waals surface area contributed by atoms with Gasteiger partial charge in [-0.25, -0.2) is 4.79 Å². The van der Waals surface area contributed by atoms with Gasteiger partial charge in [-0.2, -0.15) is 0 Å². The highest BCUT2D eigenvalue weighted by Gasteiger charge is 2.20. The molecule has 0 bridgehead atoms. The fourth-order valence-corrected chi connectivity index (χ4v) is 2.54. The number of amides is 1. The highest BCUT2D eigenvalue weighted by Crippen LogP contribution is 2.34. The monoisotopic (exact) mass is 342 g/mol. The molecule has 3 rings (SSSR count). The van der Waals surface area contributed by atoms with Gasteiger partial charge in [0.25, 0.3) is 0 Å². The molecule has 1 amide bonds. The molecule has 0 aliphatic carbocycles. The fraction of sp³-hybridized carbons (Fsp3) is 0.176. The minimum atomic E-state index is -0.618. The molecule has 1 aliphatic rings. The zero-order valence-electron chi connectivity index (χ0n) is 13.3. The zero-order valence-corrected chi connectivity index (χ0v) is 13.3. The van der Waals surface area contributed by atoms with Gasteiger partial charge >= 0.3 is 11.7 Å². The number of nitro groups is 1. The largest absolute Gasteiger partial charge is 0.465 e. The third-order valence-electron chi connectivity index (χ3n) is 3.78. The molecule has 1 N–H and O–H groups in total. The summed E-state index contributed by atoms with van der Waals surface area (Å²) >= 11 is 0. The van der Waals surface area contributed by atoms with E-state index in [1.165, 1.54) is 25.3 Å². The second-order valence-electron chi connectivity index (χ2n) is 5.40. The molecule has 0 atom stereocenters. The van der Waals surface area contributed by atoms with Crippen LogP contribution >= 0.6 is 0 Å². The average Bonchev–Trinajstić information content (AvgIpc) is 2.61. The maximum atomic E-state index is 11.6. The molecule has 0 unspecified atom stereocenters. The van der Waals surface area contributed by atoms with Crippen molar-refractivity contribution in [1.82, 2.24) is 0 Å². The molecule has 25 heavy (non-hydrogen) atoms. The Morgan fingerprint density at radius 1 is 1.20 bits per heavy atom. The molecule has 1 aliphatic heterocycles. The maximum Gasteiger partial charge on any atom is 0.337 e. The Morgan fingerprint density at radius 2 is 2.00 bits per heavy atom. The Bertz CT molecular complexity index is 877. The van der Waals surface area contributed by atoms with Crippen molar-refractivity contribution in [3.63, 3.8) is 0 Å². The molecule has 8 nitrogen and oxygen atoms in total. The average molecular weight is 342 g/mol. The van der Waals surface area contributed by atoms with Crippen LogP contribution < -0.4 is 10.1 Å². The van der Waals surface area contributed by atoms with Crippen molar-refractivity contribution >= 4 is 23.3 Å². The number of esters is 1. The summed E-state index contributed by atoms with van der Waals surface area (Å²) < 4.78 is 10.3. The summed E-state index contributed by atoms with van der Waals surface area (Å²) in [6.45, 7) is 0. The van der Waals surface area contributed by atoms with Crippen LogP contribution in [0.5, 0.6) is 11.5 Å². The quantitative estimate of drug-likeness (QED) is 0.520. The number of carbonyl (C=O) groups excluding carboxylic acids is 2. The van der Waals surface area contributed by atoms with Crippen LogP contribution in [0.15, 0.2) is 36.4 Å². The summed E-state index contributed by atoms with van der Waals surface area (Å²) in [4.78, 5) is 33.6. The lowest BCUT2D eigenvalue weighted by Gasteiger charge is -2.17. The highest BCUT2D eigenvalue weighted by molar-refractivity contribution is 5.94. The second kappa shape index (κ2) is 6.60. The van der Waals surface area contributed by atoms with Crippen LogP contribution in [0.25, 0.3) is 0 Å². The van der Waals surface area contributed by atoms with Crippen LogP contribution in [0, 0.1) is 10.1 Å². The second-order valence-corrected chi connectivity index (χ2v) is 5.40. The van der Waals surface area contributed by atoms with Crippen LogP contribution in [-0.2, 0) is 16.0 Å². The van der Waals surface area contributed by atoms with E-state index in [1.807, 2.05) is 0 Å². The zero-order chi connectivity index (χ0) is 18.0. The van der Waals surface area contributed by atoms with Crippen molar-refractivity contribution in [2.75, 3.05) is 12.4 Å². The number of nitrogens with zero attached hydrogens (tertiary/aromatic N) is 1. The molecule has 128 valence electrons. The molecule has 8 heteroatoms. The Balaban J connectivity index is 1.95. The van der Waals surface area contributed by atoms with Gasteiger partial charge < -0.3 is 14.8 Å². The SMILES string of the molecule is COC(=O)c1ccc([N+](=O)[O-])c(Oc2ccc3c(c2)CCC(=O)N3)c1. The molecule has 2 aromatic rings. The molecule has 0 radical (unpaired) electrons. The number of rotatable bonds is 4. The third-order valence-corrected chi connectivity index (χ3v) is 3.78. The van der Waals surface area contributed by atoms with Gasteiger partial charge in [-0.1, -0.05) is 0 Å². The molecule has 0 spiro atoms. The van der Waals surface area contributed by atoms with Crippen LogP contribution in [0.3, 0.4) is 0 Å². The lowest BCUT2D eigenvalue weighted by atomic mass is 10.0. The smallest absolute Gasteiger partial charge is 0.337 e. The number of nitrogens with one attached hydrogen (secondary N) is 1. The summed E-state index contributed by atoms with van der Waals surface area (Å²) in [6.07, 6.45) is 0.928. The number of anilines is 1. The van der Waals surface area contributed by atoms with Crippen LogP contribution in [0.1, 0.15) is 22.3 Å². The number of aryl methyl sites for hydroxylation is 1. The van der Waals surface area contributed by atoms with Crippen LogP contribution in [0.2, 0.25) is 0 Å². The first kappa shape index (κ1) is 16.4. The third kappa shape index (κ3) is 3.42. The number of nitro benzene ring substituents is 1. The lowest BCUT2D eigenvalue weighted by Crippen LogP contribution is -2.18. The molecule has 1 heterocycles. The fourth-order valence-electron chi connectivity index (χ4n) is 2.54. The van der Waals surface area contributed by atoms with Gasteiger partial charge in [-0.05, 0) is 36.2 Å². The number of benzene rings is 2. The van der Waals surface area contributed by atoms with E-state index in [2.05, 4.69) is 10.1 Å². The number of carbonyl (C=O) groups is 2. The Labute approximate surface area is 142 Å². The van der Waals surface area contributed by atoms with Gasteiger partial charge in [0, 0.05) is 24.2 Å². The Kier molecular flexibility index (Phi) is 4.34.